The minimum Gasteiger partial charge on any atom is -0.335 e. The smallest absolute Gasteiger partial charge is 0.322 e. The quantitative estimate of drug-likeness (QED) is 0.945. The molecule has 22 heavy (non-hydrogen) atoms. The predicted molar refractivity (Wildman–Crippen MR) is 79.9 cm³/mol. The summed E-state index contributed by atoms with van der Waals surface area (Å²) in [5.41, 5.74) is 0. The van der Waals surface area contributed by atoms with Crippen molar-refractivity contribution < 1.29 is 9.18 Å². The first-order valence-corrected chi connectivity index (χ1v) is 7.25. The SMILES string of the molecule is CN(CC1CCc2nccn2C1)C(=O)Nc1ccc(F)cn1. The number of nitrogens with one attached hydrogen (secondary N) is 1. The minimum absolute atomic E-state index is 0.240. The molecule has 0 saturated carbocycles. The van der Waals surface area contributed by atoms with Gasteiger partial charge in [-0.2, -0.15) is 0 Å². The molecule has 3 heterocycles. The molecular formula is C15H18FN5O. The zero-order valence-electron chi connectivity index (χ0n) is 12.4. The Labute approximate surface area is 128 Å². The summed E-state index contributed by atoms with van der Waals surface area (Å²) in [7, 11) is 1.75. The molecular weight excluding hydrogens is 285 g/mol. The van der Waals surface area contributed by atoms with Crippen LogP contribution in [0.4, 0.5) is 15.0 Å². The van der Waals surface area contributed by atoms with E-state index in [0.717, 1.165) is 31.4 Å². The number of nitrogens with zero attached hydrogens (tertiary/aromatic N) is 4. The van der Waals surface area contributed by atoms with E-state index in [1.165, 1.54) is 12.1 Å². The molecule has 0 fully saturated rings. The number of rotatable bonds is 3. The van der Waals surface area contributed by atoms with Gasteiger partial charge in [0.15, 0.2) is 0 Å². The van der Waals surface area contributed by atoms with Crippen molar-refractivity contribution in [1.82, 2.24) is 19.4 Å². The molecule has 0 spiro atoms. The van der Waals surface area contributed by atoms with Gasteiger partial charge in [-0.25, -0.2) is 19.2 Å². The summed E-state index contributed by atoms with van der Waals surface area (Å²) < 4.78 is 14.9. The third-order valence-corrected chi connectivity index (χ3v) is 3.87. The first-order chi connectivity index (χ1) is 10.6. The summed E-state index contributed by atoms with van der Waals surface area (Å²) in [6.07, 6.45) is 6.83. The molecule has 1 atom stereocenters. The van der Waals surface area contributed by atoms with Gasteiger partial charge in [0, 0.05) is 39.0 Å². The lowest BCUT2D eigenvalue weighted by Gasteiger charge is -2.28. The van der Waals surface area contributed by atoms with Crippen LogP contribution in [0.25, 0.3) is 0 Å². The van der Waals surface area contributed by atoms with E-state index in [4.69, 9.17) is 0 Å². The van der Waals surface area contributed by atoms with Crippen molar-refractivity contribution in [3.63, 3.8) is 0 Å². The summed E-state index contributed by atoms with van der Waals surface area (Å²) in [6.45, 7) is 1.53. The highest BCUT2D eigenvalue weighted by molar-refractivity contribution is 5.88. The van der Waals surface area contributed by atoms with Gasteiger partial charge in [-0.1, -0.05) is 0 Å². The zero-order valence-corrected chi connectivity index (χ0v) is 12.4. The van der Waals surface area contributed by atoms with Crippen LogP contribution in [0.5, 0.6) is 0 Å². The van der Waals surface area contributed by atoms with Crippen LogP contribution in [0.3, 0.4) is 0 Å². The lowest BCUT2D eigenvalue weighted by atomic mass is 9.99. The molecule has 2 aromatic rings. The first kappa shape index (κ1) is 14.5. The predicted octanol–water partition coefficient (Wildman–Crippen LogP) is 2.14. The van der Waals surface area contributed by atoms with Gasteiger partial charge in [0.05, 0.1) is 6.20 Å². The summed E-state index contributed by atoms with van der Waals surface area (Å²) in [5, 5.41) is 2.66. The van der Waals surface area contributed by atoms with Crippen LogP contribution in [0.15, 0.2) is 30.7 Å². The van der Waals surface area contributed by atoms with Crippen LogP contribution in [0.1, 0.15) is 12.2 Å². The van der Waals surface area contributed by atoms with Crippen molar-refractivity contribution in [3.05, 3.63) is 42.4 Å². The van der Waals surface area contributed by atoms with Crippen LogP contribution in [-0.4, -0.2) is 39.1 Å². The van der Waals surface area contributed by atoms with Gasteiger partial charge >= 0.3 is 6.03 Å². The van der Waals surface area contributed by atoms with Crippen LogP contribution in [0, 0.1) is 11.7 Å². The summed E-state index contributed by atoms with van der Waals surface area (Å²) >= 11 is 0. The monoisotopic (exact) mass is 303 g/mol. The Morgan fingerprint density at radius 1 is 1.50 bits per heavy atom. The fourth-order valence-corrected chi connectivity index (χ4v) is 2.71. The number of hydrogen-bond acceptors (Lipinski definition) is 3. The molecule has 0 aromatic carbocycles. The highest BCUT2D eigenvalue weighted by atomic mass is 19.1. The number of urea groups is 1. The van der Waals surface area contributed by atoms with Crippen molar-refractivity contribution >= 4 is 11.8 Å². The van der Waals surface area contributed by atoms with Gasteiger partial charge in [0.2, 0.25) is 0 Å². The average molecular weight is 303 g/mol. The van der Waals surface area contributed by atoms with Crippen molar-refractivity contribution in [1.29, 1.82) is 0 Å². The van der Waals surface area contributed by atoms with Gasteiger partial charge in [-0.3, -0.25) is 5.32 Å². The van der Waals surface area contributed by atoms with E-state index >= 15 is 0 Å². The fourth-order valence-electron chi connectivity index (χ4n) is 2.71. The Kier molecular flexibility index (Phi) is 4.04. The molecule has 1 unspecified atom stereocenters. The van der Waals surface area contributed by atoms with E-state index in [0.29, 0.717) is 18.3 Å². The Balaban J connectivity index is 1.54. The number of pyridine rings is 1. The molecule has 2 amide bonds. The lowest BCUT2D eigenvalue weighted by Crippen LogP contribution is -2.38. The average Bonchev–Trinajstić information content (AvgIpc) is 2.97. The molecule has 6 nitrogen and oxygen atoms in total. The van der Waals surface area contributed by atoms with Gasteiger partial charge in [0.1, 0.15) is 17.5 Å². The summed E-state index contributed by atoms with van der Waals surface area (Å²) in [5.74, 6) is 1.43. The van der Waals surface area contributed by atoms with Crippen LogP contribution in [0.2, 0.25) is 0 Å². The molecule has 2 aromatic heterocycles. The summed E-state index contributed by atoms with van der Waals surface area (Å²) in [6, 6.07) is 2.47. The number of anilines is 1. The van der Waals surface area contributed by atoms with Gasteiger partial charge in [-0.05, 0) is 24.5 Å². The molecule has 7 heteroatoms. The number of hydrogen-bond donors (Lipinski definition) is 1. The Hall–Kier alpha value is -2.44. The minimum atomic E-state index is -0.426. The van der Waals surface area contributed by atoms with E-state index < -0.39 is 5.82 Å². The molecule has 0 bridgehead atoms. The highest BCUT2D eigenvalue weighted by Gasteiger charge is 2.22. The molecule has 3 rings (SSSR count). The first-order valence-electron chi connectivity index (χ1n) is 7.25. The van der Waals surface area contributed by atoms with Crippen molar-refractivity contribution in [2.24, 2.45) is 5.92 Å². The number of aryl methyl sites for hydroxylation is 1. The van der Waals surface area contributed by atoms with Crippen LogP contribution >= 0.6 is 0 Å². The van der Waals surface area contributed by atoms with E-state index in [1.54, 1.807) is 11.9 Å². The second-order valence-electron chi connectivity index (χ2n) is 5.57. The van der Waals surface area contributed by atoms with Gasteiger partial charge in [-0.15, -0.1) is 0 Å². The van der Waals surface area contributed by atoms with Crippen LogP contribution in [-0.2, 0) is 13.0 Å². The second-order valence-corrected chi connectivity index (χ2v) is 5.57. The highest BCUT2D eigenvalue weighted by Crippen LogP contribution is 2.19. The topological polar surface area (TPSA) is 63.1 Å². The normalized spacial score (nSPS) is 16.9. The number of fused-ring (bicyclic) bond motifs is 1. The van der Waals surface area contributed by atoms with Crippen molar-refractivity contribution in [3.8, 4) is 0 Å². The standard InChI is InChI=1S/C15H18FN5O/c1-20(15(22)19-13-4-3-12(16)8-18-13)9-11-2-5-14-17-6-7-21(14)10-11/h3-4,6-8,11H,2,5,9-10H2,1H3,(H,18,19,22). The third-order valence-electron chi connectivity index (χ3n) is 3.87. The zero-order chi connectivity index (χ0) is 15.5. The maximum atomic E-state index is 12.8. The third kappa shape index (κ3) is 3.24. The van der Waals surface area contributed by atoms with E-state index in [2.05, 4.69) is 19.9 Å². The molecule has 0 saturated heterocycles. The van der Waals surface area contributed by atoms with Gasteiger partial charge < -0.3 is 9.47 Å². The largest absolute Gasteiger partial charge is 0.335 e. The number of halogens is 1. The van der Waals surface area contributed by atoms with E-state index in [9.17, 15) is 9.18 Å². The van der Waals surface area contributed by atoms with E-state index in [-0.39, 0.29) is 6.03 Å². The van der Waals surface area contributed by atoms with Crippen molar-refractivity contribution in [2.75, 3.05) is 18.9 Å². The molecule has 1 N–H and O–H groups in total. The lowest BCUT2D eigenvalue weighted by molar-refractivity contribution is 0.205. The Bertz CT molecular complexity index is 654. The molecule has 116 valence electrons. The summed E-state index contributed by atoms with van der Waals surface area (Å²) in [4.78, 5) is 21.9. The maximum Gasteiger partial charge on any atom is 0.322 e. The number of imidazole rings is 1. The molecule has 0 aliphatic carbocycles. The Morgan fingerprint density at radius 2 is 2.36 bits per heavy atom. The van der Waals surface area contributed by atoms with Gasteiger partial charge in [0.25, 0.3) is 0 Å². The number of aromatic nitrogens is 3. The van der Waals surface area contributed by atoms with Crippen LogP contribution < -0.4 is 5.32 Å². The molecule has 0 radical (unpaired) electrons. The van der Waals surface area contributed by atoms with E-state index in [1.807, 2.05) is 12.4 Å². The number of carbonyl (C=O) groups is 1. The fraction of sp³-hybridized carbons (Fsp3) is 0.400. The number of carbonyl (C=O) groups excluding carboxylic acids is 1. The molecule has 1 aliphatic rings. The maximum absolute atomic E-state index is 12.8. The second kappa shape index (κ2) is 6.13. The Morgan fingerprint density at radius 3 is 3.14 bits per heavy atom. The van der Waals surface area contributed by atoms with Crippen molar-refractivity contribution in [2.45, 2.75) is 19.4 Å². The number of amides is 2. The molecule has 1 aliphatic heterocycles.